The van der Waals surface area contributed by atoms with Gasteiger partial charge in [0.25, 0.3) is 0 Å². The molecule has 1 aromatic heterocycles. The van der Waals surface area contributed by atoms with Gasteiger partial charge in [0.05, 0.1) is 27.6 Å². The van der Waals surface area contributed by atoms with E-state index in [2.05, 4.69) is 4.98 Å². The normalized spacial score (nSPS) is 11.2. The van der Waals surface area contributed by atoms with Crippen LogP contribution in [0.25, 0.3) is 16.7 Å². The average molecular weight is 309 g/mol. The molecular weight excluding hydrogens is 298 g/mol. The van der Waals surface area contributed by atoms with Gasteiger partial charge in [-0.15, -0.1) is 11.6 Å². The summed E-state index contributed by atoms with van der Waals surface area (Å²) in [4.78, 5) is 4.50. The zero-order valence-corrected chi connectivity index (χ0v) is 12.2. The van der Waals surface area contributed by atoms with Crippen molar-refractivity contribution in [1.29, 1.82) is 0 Å². The van der Waals surface area contributed by atoms with E-state index in [1.807, 2.05) is 29.7 Å². The first-order valence-corrected chi connectivity index (χ1v) is 7.01. The second kappa shape index (κ2) is 5.08. The molecule has 0 aliphatic carbocycles. The van der Waals surface area contributed by atoms with Gasteiger partial charge >= 0.3 is 0 Å². The Morgan fingerprint density at radius 2 is 2.05 bits per heavy atom. The van der Waals surface area contributed by atoms with Crippen LogP contribution < -0.4 is 0 Å². The number of hydrogen-bond donors (Lipinski definition) is 0. The minimum absolute atomic E-state index is 0.0994. The third kappa shape index (κ3) is 2.07. The second-order valence-electron chi connectivity index (χ2n) is 4.54. The van der Waals surface area contributed by atoms with E-state index in [9.17, 15) is 4.39 Å². The molecule has 20 heavy (non-hydrogen) atoms. The minimum atomic E-state index is -0.458. The monoisotopic (exact) mass is 308 g/mol. The highest BCUT2D eigenvalue weighted by Gasteiger charge is 2.14. The molecule has 0 amide bonds. The Bertz CT molecular complexity index is 796. The number of rotatable bonds is 2. The number of para-hydroxylation sites is 1. The number of hydrogen-bond acceptors (Lipinski definition) is 1. The predicted molar refractivity (Wildman–Crippen MR) is 80.3 cm³/mol. The van der Waals surface area contributed by atoms with Gasteiger partial charge in [0.2, 0.25) is 0 Å². The fourth-order valence-corrected chi connectivity index (χ4v) is 2.63. The van der Waals surface area contributed by atoms with Gasteiger partial charge in [-0.1, -0.05) is 23.7 Å². The summed E-state index contributed by atoms with van der Waals surface area (Å²) in [7, 11) is 0. The lowest BCUT2D eigenvalue weighted by molar-refractivity contribution is 0.627. The van der Waals surface area contributed by atoms with E-state index >= 15 is 0 Å². The first-order chi connectivity index (χ1) is 9.61. The van der Waals surface area contributed by atoms with E-state index in [-0.39, 0.29) is 10.9 Å². The Morgan fingerprint density at radius 1 is 1.25 bits per heavy atom. The fourth-order valence-electron chi connectivity index (χ4n) is 2.33. The number of aryl methyl sites for hydroxylation is 1. The molecule has 0 saturated heterocycles. The number of aromatic nitrogens is 2. The topological polar surface area (TPSA) is 17.8 Å². The molecule has 0 spiro atoms. The summed E-state index contributed by atoms with van der Waals surface area (Å²) in [6.07, 6.45) is 0. The highest BCUT2D eigenvalue weighted by molar-refractivity contribution is 6.30. The van der Waals surface area contributed by atoms with Crippen LogP contribution in [-0.2, 0) is 5.88 Å². The highest BCUT2D eigenvalue weighted by atomic mass is 35.5. The quantitative estimate of drug-likeness (QED) is 0.618. The molecule has 5 heteroatoms. The van der Waals surface area contributed by atoms with Gasteiger partial charge in [-0.05, 0) is 36.8 Å². The SMILES string of the molecule is Cc1cccc2nc(CCl)n(-c3ccc(Cl)c(F)c3)c12. The Hall–Kier alpha value is -1.58. The number of fused-ring (bicyclic) bond motifs is 1. The smallest absolute Gasteiger partial charge is 0.143 e. The van der Waals surface area contributed by atoms with Crippen molar-refractivity contribution in [1.82, 2.24) is 9.55 Å². The van der Waals surface area contributed by atoms with Crippen LogP contribution in [0.4, 0.5) is 4.39 Å². The molecule has 0 atom stereocenters. The third-order valence-electron chi connectivity index (χ3n) is 3.23. The molecule has 0 unspecified atom stereocenters. The Morgan fingerprint density at radius 3 is 2.75 bits per heavy atom. The molecule has 3 rings (SSSR count). The van der Waals surface area contributed by atoms with Crippen molar-refractivity contribution in [2.24, 2.45) is 0 Å². The summed E-state index contributed by atoms with van der Waals surface area (Å²) in [5.74, 6) is 0.469. The standard InChI is InChI=1S/C15H11Cl2FN2/c1-9-3-2-4-13-15(9)20(14(8-16)19-13)10-5-6-11(17)12(18)7-10/h2-7H,8H2,1H3. The summed E-state index contributed by atoms with van der Waals surface area (Å²) in [6.45, 7) is 1.99. The van der Waals surface area contributed by atoms with Crippen molar-refractivity contribution >= 4 is 34.2 Å². The number of nitrogens with zero attached hydrogens (tertiary/aromatic N) is 2. The van der Waals surface area contributed by atoms with Crippen LogP contribution in [0.15, 0.2) is 36.4 Å². The Balaban J connectivity index is 2.36. The van der Waals surface area contributed by atoms with E-state index in [1.54, 1.807) is 6.07 Å². The summed E-state index contributed by atoms with van der Waals surface area (Å²) < 4.78 is 15.6. The molecule has 102 valence electrons. The van der Waals surface area contributed by atoms with Crippen molar-refractivity contribution in [3.63, 3.8) is 0 Å². The van der Waals surface area contributed by atoms with E-state index in [0.29, 0.717) is 11.5 Å². The maximum atomic E-state index is 13.7. The van der Waals surface area contributed by atoms with Crippen LogP contribution >= 0.6 is 23.2 Å². The van der Waals surface area contributed by atoms with E-state index in [0.717, 1.165) is 16.6 Å². The van der Waals surface area contributed by atoms with Crippen molar-refractivity contribution in [3.05, 3.63) is 58.6 Å². The van der Waals surface area contributed by atoms with E-state index in [4.69, 9.17) is 23.2 Å². The molecule has 1 heterocycles. The van der Waals surface area contributed by atoms with Gasteiger partial charge in [0.15, 0.2) is 0 Å². The molecule has 3 aromatic rings. The first-order valence-electron chi connectivity index (χ1n) is 6.10. The average Bonchev–Trinajstić information content (AvgIpc) is 2.82. The summed E-state index contributed by atoms with van der Waals surface area (Å²) in [5, 5.41) is 0.0994. The zero-order valence-electron chi connectivity index (χ0n) is 10.7. The zero-order chi connectivity index (χ0) is 14.3. The van der Waals surface area contributed by atoms with Crippen LogP contribution in [0.5, 0.6) is 0 Å². The Labute approximate surface area is 125 Å². The van der Waals surface area contributed by atoms with Gasteiger partial charge in [0.1, 0.15) is 11.6 Å². The number of benzene rings is 2. The minimum Gasteiger partial charge on any atom is -0.295 e. The van der Waals surface area contributed by atoms with Crippen LogP contribution in [0, 0.1) is 12.7 Å². The molecule has 2 nitrogen and oxygen atoms in total. The van der Waals surface area contributed by atoms with Crippen LogP contribution in [0.3, 0.4) is 0 Å². The van der Waals surface area contributed by atoms with Crippen molar-refractivity contribution in [2.75, 3.05) is 0 Å². The largest absolute Gasteiger partial charge is 0.295 e. The van der Waals surface area contributed by atoms with Gasteiger partial charge in [-0.2, -0.15) is 0 Å². The molecule has 0 fully saturated rings. The third-order valence-corrected chi connectivity index (χ3v) is 3.77. The van der Waals surface area contributed by atoms with Gasteiger partial charge in [-0.3, -0.25) is 4.57 Å². The molecular formula is C15H11Cl2FN2. The van der Waals surface area contributed by atoms with Gasteiger partial charge in [-0.25, -0.2) is 9.37 Å². The maximum absolute atomic E-state index is 13.7. The number of halogens is 3. The first kappa shape index (κ1) is 13.4. The molecule has 2 aromatic carbocycles. The predicted octanol–water partition coefficient (Wildman–Crippen LogP) is 4.87. The molecule has 0 aliphatic rings. The lowest BCUT2D eigenvalue weighted by Crippen LogP contribution is -2.00. The molecule has 0 N–H and O–H groups in total. The van der Waals surface area contributed by atoms with Crippen molar-refractivity contribution in [2.45, 2.75) is 12.8 Å². The highest BCUT2D eigenvalue weighted by Crippen LogP contribution is 2.27. The van der Waals surface area contributed by atoms with Crippen molar-refractivity contribution < 1.29 is 4.39 Å². The van der Waals surface area contributed by atoms with Gasteiger partial charge < -0.3 is 0 Å². The van der Waals surface area contributed by atoms with E-state index in [1.165, 1.54) is 12.1 Å². The maximum Gasteiger partial charge on any atom is 0.143 e. The summed E-state index contributed by atoms with van der Waals surface area (Å²) in [5.41, 5.74) is 3.50. The second-order valence-corrected chi connectivity index (χ2v) is 5.21. The lowest BCUT2D eigenvalue weighted by Gasteiger charge is -2.10. The van der Waals surface area contributed by atoms with Crippen molar-refractivity contribution in [3.8, 4) is 5.69 Å². The van der Waals surface area contributed by atoms with Crippen LogP contribution in [0.2, 0.25) is 5.02 Å². The molecule has 0 aliphatic heterocycles. The molecule has 0 bridgehead atoms. The lowest BCUT2D eigenvalue weighted by atomic mass is 10.2. The Kier molecular flexibility index (Phi) is 3.40. The number of imidazole rings is 1. The van der Waals surface area contributed by atoms with Crippen LogP contribution in [-0.4, -0.2) is 9.55 Å². The molecule has 0 saturated carbocycles. The molecule has 0 radical (unpaired) electrons. The van der Waals surface area contributed by atoms with Gasteiger partial charge in [0, 0.05) is 0 Å². The fraction of sp³-hybridized carbons (Fsp3) is 0.133. The number of alkyl halides is 1. The van der Waals surface area contributed by atoms with Crippen LogP contribution in [0.1, 0.15) is 11.4 Å². The summed E-state index contributed by atoms with van der Waals surface area (Å²) >= 11 is 11.7. The van der Waals surface area contributed by atoms with E-state index < -0.39 is 5.82 Å². The summed E-state index contributed by atoms with van der Waals surface area (Å²) in [6, 6.07) is 10.5.